The van der Waals surface area contributed by atoms with E-state index in [9.17, 15) is 0 Å². The van der Waals surface area contributed by atoms with E-state index >= 15 is 0 Å². The minimum absolute atomic E-state index is 0.419. The van der Waals surface area contributed by atoms with Crippen LogP contribution in [0.4, 0.5) is 5.82 Å². The van der Waals surface area contributed by atoms with Crippen LogP contribution < -0.4 is 4.90 Å². The zero-order valence-electron chi connectivity index (χ0n) is 9.33. The number of aromatic nitrogens is 1. The molecule has 3 heteroatoms. The maximum atomic E-state index is 4.50. The molecular weight excluding hydrogens is 252 g/mol. The van der Waals surface area contributed by atoms with Gasteiger partial charge in [-0.2, -0.15) is 0 Å². The lowest BCUT2D eigenvalue weighted by atomic mass is 9.84. The number of rotatable bonds is 1. The topological polar surface area (TPSA) is 16.1 Å². The molecule has 0 aromatic carbocycles. The van der Waals surface area contributed by atoms with Gasteiger partial charge in [-0.3, -0.25) is 0 Å². The van der Waals surface area contributed by atoms with Crippen molar-refractivity contribution in [3.05, 3.63) is 22.8 Å². The van der Waals surface area contributed by atoms with Gasteiger partial charge in [0.2, 0.25) is 0 Å². The summed E-state index contributed by atoms with van der Waals surface area (Å²) in [6, 6.07) is 6.11. The fourth-order valence-electron chi connectivity index (χ4n) is 2.19. The summed E-state index contributed by atoms with van der Waals surface area (Å²) in [6.45, 7) is 6.90. The molecule has 1 aromatic rings. The van der Waals surface area contributed by atoms with Crippen LogP contribution in [0.1, 0.15) is 26.7 Å². The molecule has 0 aliphatic carbocycles. The predicted molar refractivity (Wildman–Crippen MR) is 67.2 cm³/mol. The third-order valence-electron chi connectivity index (χ3n) is 2.92. The Hall–Kier alpha value is -0.570. The van der Waals surface area contributed by atoms with E-state index in [4.69, 9.17) is 0 Å². The van der Waals surface area contributed by atoms with Gasteiger partial charge in [0, 0.05) is 13.1 Å². The first kappa shape index (κ1) is 10.9. The van der Waals surface area contributed by atoms with Crippen LogP contribution in [0.5, 0.6) is 0 Å². The number of anilines is 1. The normalized spacial score (nSPS) is 20.3. The number of hydrogen-bond donors (Lipinski definition) is 0. The number of pyridine rings is 1. The van der Waals surface area contributed by atoms with Crippen molar-refractivity contribution in [1.29, 1.82) is 0 Å². The van der Waals surface area contributed by atoms with Gasteiger partial charge in [0.05, 0.1) is 0 Å². The molecule has 1 aromatic heterocycles. The Balaban J connectivity index is 2.17. The van der Waals surface area contributed by atoms with E-state index in [1.165, 1.54) is 12.8 Å². The highest BCUT2D eigenvalue weighted by molar-refractivity contribution is 9.10. The van der Waals surface area contributed by atoms with Gasteiger partial charge in [-0.15, -0.1) is 0 Å². The van der Waals surface area contributed by atoms with E-state index in [1.807, 2.05) is 12.1 Å². The highest BCUT2D eigenvalue weighted by atomic mass is 79.9. The van der Waals surface area contributed by atoms with E-state index in [1.54, 1.807) is 0 Å². The smallest absolute Gasteiger partial charge is 0.129 e. The second-order valence-corrected chi connectivity index (χ2v) is 5.82. The first-order valence-electron chi connectivity index (χ1n) is 5.44. The van der Waals surface area contributed by atoms with Crippen molar-refractivity contribution in [2.75, 3.05) is 18.0 Å². The molecule has 2 heterocycles. The predicted octanol–water partition coefficient (Wildman–Crippen LogP) is 3.47. The third kappa shape index (κ3) is 2.71. The average molecular weight is 269 g/mol. The number of halogens is 1. The molecule has 0 radical (unpaired) electrons. The lowest BCUT2D eigenvalue weighted by Gasteiger charge is -2.38. The second kappa shape index (κ2) is 4.12. The number of piperidine rings is 1. The Morgan fingerprint density at radius 1 is 1.40 bits per heavy atom. The minimum Gasteiger partial charge on any atom is -0.356 e. The zero-order chi connectivity index (χ0) is 10.9. The summed E-state index contributed by atoms with van der Waals surface area (Å²) >= 11 is 3.42. The van der Waals surface area contributed by atoms with Gasteiger partial charge in [0.15, 0.2) is 0 Å². The highest BCUT2D eigenvalue weighted by Crippen LogP contribution is 2.30. The van der Waals surface area contributed by atoms with Crippen molar-refractivity contribution < 1.29 is 0 Å². The molecule has 0 amide bonds. The van der Waals surface area contributed by atoms with Crippen LogP contribution in [0.15, 0.2) is 22.8 Å². The van der Waals surface area contributed by atoms with Crippen LogP contribution in [-0.4, -0.2) is 18.1 Å². The average Bonchev–Trinajstić information content (AvgIpc) is 2.16. The Bertz CT molecular complexity index is 349. The summed E-state index contributed by atoms with van der Waals surface area (Å²) in [5.74, 6) is 1.09. The van der Waals surface area contributed by atoms with E-state index in [0.29, 0.717) is 5.41 Å². The second-order valence-electron chi connectivity index (χ2n) is 5.01. The fraction of sp³-hybridized carbons (Fsp3) is 0.583. The minimum atomic E-state index is 0.419. The van der Waals surface area contributed by atoms with Crippen molar-refractivity contribution in [3.8, 4) is 0 Å². The molecule has 0 N–H and O–H groups in total. The van der Waals surface area contributed by atoms with Gasteiger partial charge in [-0.25, -0.2) is 4.98 Å². The monoisotopic (exact) mass is 268 g/mol. The van der Waals surface area contributed by atoms with Crippen LogP contribution in [0.2, 0.25) is 0 Å². The lowest BCUT2D eigenvalue weighted by molar-refractivity contribution is 0.292. The molecule has 2 rings (SSSR count). The molecule has 15 heavy (non-hydrogen) atoms. The molecule has 2 nitrogen and oxygen atoms in total. The molecule has 1 aliphatic heterocycles. The van der Waals surface area contributed by atoms with Crippen molar-refractivity contribution in [2.24, 2.45) is 5.41 Å². The number of nitrogens with zero attached hydrogens (tertiary/aromatic N) is 2. The fourth-order valence-corrected chi connectivity index (χ4v) is 2.53. The van der Waals surface area contributed by atoms with E-state index in [2.05, 4.69) is 45.7 Å². The first-order chi connectivity index (χ1) is 7.07. The summed E-state index contributed by atoms with van der Waals surface area (Å²) < 4.78 is 0.920. The van der Waals surface area contributed by atoms with Gasteiger partial charge >= 0.3 is 0 Å². The van der Waals surface area contributed by atoms with Gasteiger partial charge in [0.1, 0.15) is 10.4 Å². The summed E-state index contributed by atoms with van der Waals surface area (Å²) in [5.41, 5.74) is 0.419. The van der Waals surface area contributed by atoms with Gasteiger partial charge in [-0.1, -0.05) is 19.9 Å². The third-order valence-corrected chi connectivity index (χ3v) is 3.37. The van der Waals surface area contributed by atoms with Crippen molar-refractivity contribution in [3.63, 3.8) is 0 Å². The largest absolute Gasteiger partial charge is 0.356 e. The molecule has 0 unspecified atom stereocenters. The lowest BCUT2D eigenvalue weighted by Crippen LogP contribution is -2.40. The van der Waals surface area contributed by atoms with Crippen molar-refractivity contribution in [1.82, 2.24) is 4.98 Å². The SMILES string of the molecule is CC1(C)CCCN(c2cccc(Br)n2)C1. The molecule has 0 bridgehead atoms. The molecule has 0 atom stereocenters. The highest BCUT2D eigenvalue weighted by Gasteiger charge is 2.26. The standard InChI is InChI=1S/C12H17BrN2/c1-12(2)7-4-8-15(9-12)11-6-3-5-10(13)14-11/h3,5-6H,4,7-9H2,1-2H3. The van der Waals surface area contributed by atoms with Gasteiger partial charge in [0.25, 0.3) is 0 Å². The molecule has 82 valence electrons. The molecule has 0 saturated carbocycles. The van der Waals surface area contributed by atoms with Crippen LogP contribution in [-0.2, 0) is 0 Å². The summed E-state index contributed by atoms with van der Waals surface area (Å²) in [6.07, 6.45) is 2.58. The Labute approximate surface area is 99.8 Å². The summed E-state index contributed by atoms with van der Waals surface area (Å²) in [5, 5.41) is 0. The van der Waals surface area contributed by atoms with Crippen LogP contribution >= 0.6 is 15.9 Å². The maximum Gasteiger partial charge on any atom is 0.129 e. The van der Waals surface area contributed by atoms with Gasteiger partial charge in [-0.05, 0) is 46.3 Å². The molecule has 1 aliphatic rings. The zero-order valence-corrected chi connectivity index (χ0v) is 10.9. The van der Waals surface area contributed by atoms with Crippen molar-refractivity contribution >= 4 is 21.7 Å². The van der Waals surface area contributed by atoms with Crippen LogP contribution in [0.25, 0.3) is 0 Å². The van der Waals surface area contributed by atoms with Crippen LogP contribution in [0.3, 0.4) is 0 Å². The van der Waals surface area contributed by atoms with E-state index < -0.39 is 0 Å². The van der Waals surface area contributed by atoms with Crippen LogP contribution in [0, 0.1) is 5.41 Å². The van der Waals surface area contributed by atoms with E-state index in [-0.39, 0.29) is 0 Å². The van der Waals surface area contributed by atoms with Gasteiger partial charge < -0.3 is 4.90 Å². The quantitative estimate of drug-likeness (QED) is 0.726. The van der Waals surface area contributed by atoms with Crippen molar-refractivity contribution in [2.45, 2.75) is 26.7 Å². The Morgan fingerprint density at radius 3 is 2.87 bits per heavy atom. The van der Waals surface area contributed by atoms with E-state index in [0.717, 1.165) is 23.5 Å². The number of hydrogen-bond acceptors (Lipinski definition) is 2. The molecule has 0 spiro atoms. The Kier molecular flexibility index (Phi) is 3.01. The first-order valence-corrected chi connectivity index (χ1v) is 6.24. The maximum absolute atomic E-state index is 4.50. The molecule has 1 fully saturated rings. The molecular formula is C12H17BrN2. The molecule has 1 saturated heterocycles. The summed E-state index contributed by atoms with van der Waals surface area (Å²) in [7, 11) is 0. The summed E-state index contributed by atoms with van der Waals surface area (Å²) in [4.78, 5) is 6.89. The Morgan fingerprint density at radius 2 is 2.20 bits per heavy atom.